The number of benzene rings is 2. The lowest BCUT2D eigenvalue weighted by Crippen LogP contribution is -2.07. The molecule has 0 amide bonds. The molecule has 2 aromatic carbocycles. The van der Waals surface area contributed by atoms with Crippen LogP contribution in [0.1, 0.15) is 5.56 Å². The molecule has 0 atom stereocenters. The molecule has 0 bridgehead atoms. The summed E-state index contributed by atoms with van der Waals surface area (Å²) in [7, 11) is -3.42. The summed E-state index contributed by atoms with van der Waals surface area (Å²) in [5.41, 5.74) is 6.90. The standard InChI is InChI=1S/C13H11Br2NO2S/c14-10-6-5-9(12(16)7-10)8-19(17,18)13-4-2-1-3-11(13)15/h1-7H,8,16H2. The van der Waals surface area contributed by atoms with Crippen molar-refractivity contribution in [3.63, 3.8) is 0 Å². The first kappa shape index (κ1) is 14.6. The quantitative estimate of drug-likeness (QED) is 0.792. The Morgan fingerprint density at radius 2 is 1.74 bits per heavy atom. The summed E-state index contributed by atoms with van der Waals surface area (Å²) in [5.74, 6) is -0.116. The van der Waals surface area contributed by atoms with Crippen LogP contribution in [0.5, 0.6) is 0 Å². The Morgan fingerprint density at radius 3 is 2.37 bits per heavy atom. The topological polar surface area (TPSA) is 60.2 Å². The van der Waals surface area contributed by atoms with Gasteiger partial charge in [0.25, 0.3) is 0 Å². The van der Waals surface area contributed by atoms with Crippen molar-refractivity contribution in [2.75, 3.05) is 5.73 Å². The molecule has 3 nitrogen and oxygen atoms in total. The van der Waals surface area contributed by atoms with E-state index in [2.05, 4.69) is 31.9 Å². The van der Waals surface area contributed by atoms with Crippen LogP contribution in [0, 0.1) is 0 Å². The van der Waals surface area contributed by atoms with Gasteiger partial charge < -0.3 is 5.73 Å². The molecule has 0 spiro atoms. The molecule has 0 saturated heterocycles. The predicted octanol–water partition coefficient (Wildman–Crippen LogP) is 3.77. The van der Waals surface area contributed by atoms with Crippen LogP contribution in [0.25, 0.3) is 0 Å². The summed E-state index contributed by atoms with van der Waals surface area (Å²) < 4.78 is 26.1. The summed E-state index contributed by atoms with van der Waals surface area (Å²) in [6, 6.07) is 12.0. The highest BCUT2D eigenvalue weighted by Gasteiger charge is 2.19. The van der Waals surface area contributed by atoms with Crippen molar-refractivity contribution in [2.45, 2.75) is 10.6 Å². The number of nitrogen functional groups attached to an aromatic ring is 1. The van der Waals surface area contributed by atoms with Crippen LogP contribution in [0.15, 0.2) is 56.3 Å². The maximum absolute atomic E-state index is 12.4. The third-order valence-corrected chi connectivity index (χ3v) is 5.79. The number of hydrogen-bond acceptors (Lipinski definition) is 3. The number of halogens is 2. The second kappa shape index (κ2) is 5.64. The Hall–Kier alpha value is -0.850. The Morgan fingerprint density at radius 1 is 1.05 bits per heavy atom. The van der Waals surface area contributed by atoms with Gasteiger partial charge in [-0.05, 0) is 45.8 Å². The minimum atomic E-state index is -3.42. The van der Waals surface area contributed by atoms with Crippen molar-refractivity contribution in [1.82, 2.24) is 0 Å². The van der Waals surface area contributed by atoms with Crippen LogP contribution in [0.3, 0.4) is 0 Å². The fourth-order valence-corrected chi connectivity index (χ4v) is 4.56. The monoisotopic (exact) mass is 403 g/mol. The summed E-state index contributed by atoms with van der Waals surface area (Å²) in [5, 5.41) is 0. The molecule has 0 aliphatic carbocycles. The highest BCUT2D eigenvalue weighted by Crippen LogP contribution is 2.27. The second-order valence-corrected chi connectivity index (χ2v) is 7.76. The first-order valence-corrected chi connectivity index (χ1v) is 8.65. The smallest absolute Gasteiger partial charge is 0.183 e. The third kappa shape index (κ3) is 3.38. The first-order chi connectivity index (χ1) is 8.90. The molecular weight excluding hydrogens is 394 g/mol. The average molecular weight is 405 g/mol. The Kier molecular flexibility index (Phi) is 4.32. The maximum atomic E-state index is 12.4. The fraction of sp³-hybridized carbons (Fsp3) is 0.0769. The Balaban J connectivity index is 2.40. The molecular formula is C13H11Br2NO2S. The molecule has 0 saturated carbocycles. The van der Waals surface area contributed by atoms with E-state index in [1.807, 2.05) is 0 Å². The SMILES string of the molecule is Nc1cc(Br)ccc1CS(=O)(=O)c1ccccc1Br. The van der Waals surface area contributed by atoms with E-state index in [1.165, 1.54) is 0 Å². The van der Waals surface area contributed by atoms with Gasteiger partial charge in [-0.3, -0.25) is 0 Å². The molecule has 0 radical (unpaired) electrons. The van der Waals surface area contributed by atoms with Gasteiger partial charge in [0.15, 0.2) is 9.84 Å². The minimum Gasteiger partial charge on any atom is -0.398 e. The van der Waals surface area contributed by atoms with E-state index < -0.39 is 9.84 Å². The van der Waals surface area contributed by atoms with E-state index in [0.717, 1.165) is 4.47 Å². The van der Waals surface area contributed by atoms with Crippen molar-refractivity contribution < 1.29 is 8.42 Å². The van der Waals surface area contributed by atoms with Crippen molar-refractivity contribution in [3.05, 3.63) is 57.0 Å². The van der Waals surface area contributed by atoms with Gasteiger partial charge in [0.1, 0.15) is 0 Å². The van der Waals surface area contributed by atoms with Gasteiger partial charge >= 0.3 is 0 Å². The molecule has 100 valence electrons. The number of nitrogens with two attached hydrogens (primary N) is 1. The van der Waals surface area contributed by atoms with E-state index in [4.69, 9.17) is 5.73 Å². The molecule has 2 rings (SSSR count). The summed E-state index contributed by atoms with van der Waals surface area (Å²) in [6.07, 6.45) is 0. The molecule has 0 aliphatic rings. The second-order valence-electron chi connectivity index (χ2n) is 4.03. The van der Waals surface area contributed by atoms with Crippen molar-refractivity contribution in [1.29, 1.82) is 0 Å². The zero-order chi connectivity index (χ0) is 14.0. The predicted molar refractivity (Wildman–Crippen MR) is 83.6 cm³/mol. The van der Waals surface area contributed by atoms with Crippen molar-refractivity contribution in [3.8, 4) is 0 Å². The molecule has 0 aliphatic heterocycles. The zero-order valence-electron chi connectivity index (χ0n) is 9.81. The molecule has 2 aromatic rings. The number of hydrogen-bond donors (Lipinski definition) is 1. The molecule has 0 aromatic heterocycles. The van der Waals surface area contributed by atoms with E-state index in [-0.39, 0.29) is 10.6 Å². The summed E-state index contributed by atoms with van der Waals surface area (Å²) in [4.78, 5) is 0.275. The minimum absolute atomic E-state index is 0.116. The van der Waals surface area contributed by atoms with Crippen LogP contribution in [-0.4, -0.2) is 8.42 Å². The van der Waals surface area contributed by atoms with Crippen LogP contribution < -0.4 is 5.73 Å². The van der Waals surface area contributed by atoms with E-state index in [1.54, 1.807) is 42.5 Å². The fourth-order valence-electron chi connectivity index (χ4n) is 1.68. The molecule has 19 heavy (non-hydrogen) atoms. The molecule has 0 fully saturated rings. The Labute approximate surface area is 129 Å². The Bertz CT molecular complexity index is 714. The zero-order valence-corrected chi connectivity index (χ0v) is 13.8. The van der Waals surface area contributed by atoms with E-state index in [9.17, 15) is 8.42 Å². The van der Waals surface area contributed by atoms with Crippen LogP contribution in [-0.2, 0) is 15.6 Å². The van der Waals surface area contributed by atoms with Gasteiger partial charge in [-0.1, -0.05) is 34.1 Å². The molecule has 6 heteroatoms. The number of rotatable bonds is 3. The lowest BCUT2D eigenvalue weighted by molar-refractivity contribution is 0.595. The highest BCUT2D eigenvalue weighted by atomic mass is 79.9. The summed E-state index contributed by atoms with van der Waals surface area (Å²) >= 11 is 6.55. The largest absolute Gasteiger partial charge is 0.398 e. The van der Waals surface area contributed by atoms with Gasteiger partial charge in [-0.2, -0.15) is 0 Å². The molecule has 2 N–H and O–H groups in total. The summed E-state index contributed by atoms with van der Waals surface area (Å²) in [6.45, 7) is 0. The molecule has 0 unspecified atom stereocenters. The van der Waals surface area contributed by atoms with Crippen LogP contribution in [0.2, 0.25) is 0 Å². The maximum Gasteiger partial charge on any atom is 0.183 e. The van der Waals surface area contributed by atoms with Crippen molar-refractivity contribution in [2.24, 2.45) is 0 Å². The van der Waals surface area contributed by atoms with E-state index in [0.29, 0.717) is 15.7 Å². The van der Waals surface area contributed by atoms with Crippen LogP contribution >= 0.6 is 31.9 Å². The van der Waals surface area contributed by atoms with Gasteiger partial charge in [0, 0.05) is 14.6 Å². The van der Waals surface area contributed by atoms with E-state index >= 15 is 0 Å². The van der Waals surface area contributed by atoms with Gasteiger partial charge in [0.05, 0.1) is 10.6 Å². The van der Waals surface area contributed by atoms with Gasteiger partial charge in [-0.25, -0.2) is 8.42 Å². The number of anilines is 1. The average Bonchev–Trinajstić information content (AvgIpc) is 2.33. The van der Waals surface area contributed by atoms with Gasteiger partial charge in [0.2, 0.25) is 0 Å². The lowest BCUT2D eigenvalue weighted by atomic mass is 10.2. The molecule has 0 heterocycles. The highest BCUT2D eigenvalue weighted by molar-refractivity contribution is 9.10. The third-order valence-electron chi connectivity index (χ3n) is 2.63. The van der Waals surface area contributed by atoms with Crippen LogP contribution in [0.4, 0.5) is 5.69 Å². The first-order valence-electron chi connectivity index (χ1n) is 5.41. The normalized spacial score (nSPS) is 11.5. The van der Waals surface area contributed by atoms with Gasteiger partial charge in [-0.15, -0.1) is 0 Å². The lowest BCUT2D eigenvalue weighted by Gasteiger charge is -2.09. The number of sulfone groups is 1. The van der Waals surface area contributed by atoms with Crippen molar-refractivity contribution >= 4 is 47.4 Å².